The van der Waals surface area contributed by atoms with Crippen LogP contribution in [0.15, 0.2) is 0 Å². The first kappa shape index (κ1) is 39.9. The molecule has 0 atom stereocenters. The Hall–Kier alpha value is -0.200. The first-order valence-electron chi connectivity index (χ1n) is 16.7. The van der Waals surface area contributed by atoms with Crippen LogP contribution in [0.1, 0.15) is 168 Å². The van der Waals surface area contributed by atoms with Crippen molar-refractivity contribution in [1.82, 2.24) is 0 Å². The van der Waals surface area contributed by atoms with Gasteiger partial charge in [-0.1, -0.05) is 155 Å². The van der Waals surface area contributed by atoms with E-state index < -0.39 is 31.8 Å². The molecule has 0 aromatic carbocycles. The number of ether oxygens (including phenoxy) is 1. The highest BCUT2D eigenvalue weighted by molar-refractivity contribution is 4.75. The van der Waals surface area contributed by atoms with Gasteiger partial charge in [0, 0.05) is 13.2 Å². The van der Waals surface area contributed by atoms with Crippen LogP contribution in [-0.2, 0) is 4.74 Å². The maximum Gasteiger partial charge on any atom is 0.0627 e. The minimum absolute atomic E-state index is 0.406. The maximum absolute atomic E-state index is 8.50. The predicted octanol–water partition coefficient (Wildman–Crippen LogP) is 8.35. The van der Waals surface area contributed by atoms with Crippen LogP contribution in [0.25, 0.3) is 0 Å². The predicted molar refractivity (Wildman–Crippen MR) is 164 cm³/mol. The SMILES string of the molecule is CCCCCCCCCCCCCCOCCCCCCCCCCCCCC.OCC(CO)(CO)CO. The average molecular weight is 547 g/mol. The zero-order valence-electron chi connectivity index (χ0n) is 25.9. The molecule has 0 amide bonds. The molecule has 0 radical (unpaired) electrons. The number of aliphatic hydroxyl groups excluding tert-OH is 4. The van der Waals surface area contributed by atoms with Crippen molar-refractivity contribution in [2.24, 2.45) is 5.41 Å². The molecule has 5 nitrogen and oxygen atoms in total. The third-order valence-electron chi connectivity index (χ3n) is 7.63. The van der Waals surface area contributed by atoms with Gasteiger partial charge in [-0.25, -0.2) is 0 Å². The summed E-state index contributed by atoms with van der Waals surface area (Å²) in [6.45, 7) is 4.96. The van der Waals surface area contributed by atoms with Crippen molar-refractivity contribution in [3.8, 4) is 0 Å². The lowest BCUT2D eigenvalue weighted by atomic mass is 9.93. The zero-order valence-corrected chi connectivity index (χ0v) is 25.9. The Balaban J connectivity index is 0. The van der Waals surface area contributed by atoms with Crippen molar-refractivity contribution in [2.75, 3.05) is 39.6 Å². The fraction of sp³-hybridized carbons (Fsp3) is 1.00. The average Bonchev–Trinajstić information content (AvgIpc) is 2.95. The lowest BCUT2D eigenvalue weighted by molar-refractivity contribution is -0.0328. The molecular formula is C33H70O5. The molecule has 38 heavy (non-hydrogen) atoms. The number of rotatable bonds is 30. The molecule has 0 aromatic heterocycles. The molecule has 5 heteroatoms. The first-order chi connectivity index (χ1) is 18.7. The molecule has 0 fully saturated rings. The fourth-order valence-corrected chi connectivity index (χ4v) is 4.49. The summed E-state index contributed by atoms with van der Waals surface area (Å²) in [6.07, 6.45) is 34.1. The van der Waals surface area contributed by atoms with Gasteiger partial charge >= 0.3 is 0 Å². The Morgan fingerprint density at radius 1 is 0.342 bits per heavy atom. The maximum atomic E-state index is 8.50. The van der Waals surface area contributed by atoms with Gasteiger partial charge in [-0.3, -0.25) is 0 Å². The third-order valence-corrected chi connectivity index (χ3v) is 7.63. The van der Waals surface area contributed by atoms with E-state index in [0.29, 0.717) is 0 Å². The van der Waals surface area contributed by atoms with Crippen LogP contribution in [0.2, 0.25) is 0 Å². The van der Waals surface area contributed by atoms with Gasteiger partial charge in [0.25, 0.3) is 0 Å². The second kappa shape index (κ2) is 34.8. The summed E-state index contributed by atoms with van der Waals surface area (Å²) in [7, 11) is 0. The molecule has 0 aliphatic carbocycles. The minimum atomic E-state index is -1.11. The van der Waals surface area contributed by atoms with Crippen LogP contribution in [-0.4, -0.2) is 60.1 Å². The summed E-state index contributed by atoms with van der Waals surface area (Å²) in [6, 6.07) is 0. The van der Waals surface area contributed by atoms with Crippen molar-refractivity contribution >= 4 is 0 Å². The normalized spacial score (nSPS) is 11.5. The first-order valence-corrected chi connectivity index (χ1v) is 16.7. The minimum Gasteiger partial charge on any atom is -0.396 e. The van der Waals surface area contributed by atoms with E-state index >= 15 is 0 Å². The Morgan fingerprint density at radius 3 is 0.737 bits per heavy atom. The summed E-state index contributed by atoms with van der Waals surface area (Å²) >= 11 is 0. The summed E-state index contributed by atoms with van der Waals surface area (Å²) in [5, 5.41) is 34.0. The molecule has 0 unspecified atom stereocenters. The third kappa shape index (κ3) is 30.3. The van der Waals surface area contributed by atoms with Gasteiger partial charge < -0.3 is 25.2 Å². The molecule has 0 aliphatic rings. The van der Waals surface area contributed by atoms with Gasteiger partial charge in [0.2, 0.25) is 0 Å². The van der Waals surface area contributed by atoms with Gasteiger partial charge in [0.05, 0.1) is 31.8 Å². The van der Waals surface area contributed by atoms with E-state index in [2.05, 4.69) is 13.8 Å². The van der Waals surface area contributed by atoms with Gasteiger partial charge in [-0.2, -0.15) is 0 Å². The molecule has 0 spiro atoms. The quantitative estimate of drug-likeness (QED) is 0.0680. The lowest BCUT2D eigenvalue weighted by Crippen LogP contribution is -2.37. The molecule has 0 aliphatic heterocycles. The van der Waals surface area contributed by atoms with Crippen molar-refractivity contribution in [2.45, 2.75) is 168 Å². The molecule has 0 bridgehead atoms. The number of aliphatic hydroxyl groups is 4. The van der Waals surface area contributed by atoms with Gasteiger partial charge in [-0.05, 0) is 12.8 Å². The van der Waals surface area contributed by atoms with Crippen LogP contribution in [0.3, 0.4) is 0 Å². The van der Waals surface area contributed by atoms with Crippen LogP contribution in [0.4, 0.5) is 0 Å². The van der Waals surface area contributed by atoms with Crippen LogP contribution < -0.4 is 0 Å². The van der Waals surface area contributed by atoms with E-state index in [4.69, 9.17) is 25.2 Å². The van der Waals surface area contributed by atoms with Gasteiger partial charge in [0.1, 0.15) is 0 Å². The van der Waals surface area contributed by atoms with E-state index in [-0.39, 0.29) is 0 Å². The van der Waals surface area contributed by atoms with E-state index in [1.807, 2.05) is 0 Å². The Bertz CT molecular complexity index is 357. The largest absolute Gasteiger partial charge is 0.396 e. The second-order valence-corrected chi connectivity index (χ2v) is 11.5. The number of hydrogen-bond acceptors (Lipinski definition) is 5. The smallest absolute Gasteiger partial charge is 0.0627 e. The molecule has 4 N–H and O–H groups in total. The number of unbranched alkanes of at least 4 members (excludes halogenated alkanes) is 22. The summed E-state index contributed by atoms with van der Waals surface area (Å²) < 4.78 is 5.82. The van der Waals surface area contributed by atoms with Crippen molar-refractivity contribution in [1.29, 1.82) is 0 Å². The Morgan fingerprint density at radius 2 is 0.553 bits per heavy atom. The Labute approximate surface area is 238 Å². The van der Waals surface area contributed by atoms with E-state index in [0.717, 1.165) is 13.2 Å². The standard InChI is InChI=1S/C28H58O.C5H12O4/c1-3-5-7-9-11-13-15-17-19-21-23-25-27-29-28-26-24-22-20-18-16-14-12-10-8-6-4-2;6-1-5(2-7,3-8)4-9/h3-28H2,1-2H3;6-9H,1-4H2. The highest BCUT2D eigenvalue weighted by atomic mass is 16.5. The van der Waals surface area contributed by atoms with Gasteiger partial charge in [-0.15, -0.1) is 0 Å². The zero-order chi connectivity index (χ0) is 28.4. The highest BCUT2D eigenvalue weighted by Gasteiger charge is 2.26. The number of hydrogen-bond donors (Lipinski definition) is 4. The molecule has 0 aromatic rings. The fourth-order valence-electron chi connectivity index (χ4n) is 4.49. The molecule has 232 valence electrons. The van der Waals surface area contributed by atoms with E-state index in [9.17, 15) is 0 Å². The second-order valence-electron chi connectivity index (χ2n) is 11.5. The van der Waals surface area contributed by atoms with Crippen LogP contribution in [0, 0.1) is 5.41 Å². The lowest BCUT2D eigenvalue weighted by Gasteiger charge is -2.23. The van der Waals surface area contributed by atoms with E-state index in [1.54, 1.807) is 0 Å². The van der Waals surface area contributed by atoms with Gasteiger partial charge in [0.15, 0.2) is 0 Å². The monoisotopic (exact) mass is 547 g/mol. The van der Waals surface area contributed by atoms with Crippen molar-refractivity contribution in [3.63, 3.8) is 0 Å². The summed E-state index contributed by atoms with van der Waals surface area (Å²) in [5.41, 5.74) is -1.11. The molecule has 0 saturated carbocycles. The molecule has 0 rings (SSSR count). The molecular weight excluding hydrogens is 476 g/mol. The van der Waals surface area contributed by atoms with Crippen LogP contribution in [0.5, 0.6) is 0 Å². The van der Waals surface area contributed by atoms with E-state index in [1.165, 1.54) is 154 Å². The molecule has 0 saturated heterocycles. The topological polar surface area (TPSA) is 90.2 Å². The summed E-state index contributed by atoms with van der Waals surface area (Å²) in [4.78, 5) is 0. The van der Waals surface area contributed by atoms with Crippen molar-refractivity contribution < 1.29 is 25.2 Å². The summed E-state index contributed by atoms with van der Waals surface area (Å²) in [5.74, 6) is 0. The highest BCUT2D eigenvalue weighted by Crippen LogP contribution is 2.14. The Kier molecular flexibility index (Phi) is 36.6. The molecule has 0 heterocycles. The van der Waals surface area contributed by atoms with Crippen molar-refractivity contribution in [3.05, 3.63) is 0 Å². The van der Waals surface area contributed by atoms with Crippen LogP contribution >= 0.6 is 0 Å².